The molecule has 0 bridgehead atoms. The van der Waals surface area contributed by atoms with Gasteiger partial charge in [0.1, 0.15) is 5.75 Å². The Hall–Kier alpha value is -2.05. The van der Waals surface area contributed by atoms with Gasteiger partial charge in [0, 0.05) is 31.9 Å². The van der Waals surface area contributed by atoms with E-state index in [1.165, 1.54) is 16.8 Å². The fourth-order valence-corrected chi connectivity index (χ4v) is 5.36. The van der Waals surface area contributed by atoms with Crippen LogP contribution in [0.3, 0.4) is 0 Å². The molecule has 2 aromatic rings. The minimum absolute atomic E-state index is 0.376. The summed E-state index contributed by atoms with van der Waals surface area (Å²) in [6.07, 6.45) is 0. The van der Waals surface area contributed by atoms with Gasteiger partial charge in [-0.3, -0.25) is 0 Å². The quantitative estimate of drug-likeness (QED) is 0.805. The minimum Gasteiger partial charge on any atom is -0.496 e. The van der Waals surface area contributed by atoms with E-state index in [1.807, 2.05) is 13.8 Å². The summed E-state index contributed by atoms with van der Waals surface area (Å²) in [5, 5.41) is 0. The SMILES string of the molecule is COc1ccc(S(=O)(=O)N2CCN(c3cccc(C)c3C)CC2)c(C)c1C. The summed E-state index contributed by atoms with van der Waals surface area (Å²) in [4.78, 5) is 2.65. The van der Waals surface area contributed by atoms with Gasteiger partial charge in [0.15, 0.2) is 0 Å². The molecule has 27 heavy (non-hydrogen) atoms. The fraction of sp³-hybridized carbons (Fsp3) is 0.429. The fourth-order valence-electron chi connectivity index (χ4n) is 3.66. The molecule has 1 fully saturated rings. The van der Waals surface area contributed by atoms with Crippen LogP contribution in [0.2, 0.25) is 0 Å². The summed E-state index contributed by atoms with van der Waals surface area (Å²) in [6.45, 7) is 10.3. The van der Waals surface area contributed by atoms with Crippen LogP contribution in [-0.2, 0) is 10.0 Å². The molecule has 0 radical (unpaired) electrons. The Morgan fingerprint density at radius 1 is 0.852 bits per heavy atom. The van der Waals surface area contributed by atoms with E-state index in [-0.39, 0.29) is 0 Å². The summed E-state index contributed by atoms with van der Waals surface area (Å²) < 4.78 is 33.3. The number of benzene rings is 2. The minimum atomic E-state index is -3.51. The molecule has 0 saturated carbocycles. The highest BCUT2D eigenvalue weighted by atomic mass is 32.2. The second kappa shape index (κ2) is 7.52. The van der Waals surface area contributed by atoms with Gasteiger partial charge in [0.25, 0.3) is 0 Å². The second-order valence-electron chi connectivity index (χ2n) is 7.13. The Morgan fingerprint density at radius 2 is 1.52 bits per heavy atom. The van der Waals surface area contributed by atoms with Crippen LogP contribution in [0.1, 0.15) is 22.3 Å². The first-order chi connectivity index (χ1) is 12.8. The molecule has 0 atom stereocenters. The molecule has 0 aromatic heterocycles. The van der Waals surface area contributed by atoms with Crippen LogP contribution in [0.4, 0.5) is 5.69 Å². The maximum absolute atomic E-state index is 13.2. The van der Waals surface area contributed by atoms with Crippen molar-refractivity contribution in [2.45, 2.75) is 32.6 Å². The van der Waals surface area contributed by atoms with Crippen molar-refractivity contribution in [1.82, 2.24) is 4.31 Å². The van der Waals surface area contributed by atoms with Crippen molar-refractivity contribution in [1.29, 1.82) is 0 Å². The number of rotatable bonds is 4. The maximum atomic E-state index is 13.2. The average Bonchev–Trinajstić information content (AvgIpc) is 2.66. The number of ether oxygens (including phenoxy) is 1. The first kappa shape index (κ1) is 19.7. The van der Waals surface area contributed by atoms with E-state index in [2.05, 4.69) is 36.9 Å². The van der Waals surface area contributed by atoms with Crippen LogP contribution >= 0.6 is 0 Å². The van der Waals surface area contributed by atoms with E-state index in [0.29, 0.717) is 36.8 Å². The number of methoxy groups -OCH3 is 1. The molecule has 3 rings (SSSR count). The lowest BCUT2D eigenvalue weighted by Gasteiger charge is -2.36. The summed E-state index contributed by atoms with van der Waals surface area (Å²) in [6, 6.07) is 9.68. The standard InChI is InChI=1S/C21H28N2O3S/c1-15-7-6-8-19(16(15)2)22-11-13-23(14-12-22)27(24,25)21-10-9-20(26-5)17(3)18(21)4/h6-10H,11-14H2,1-5H3. The van der Waals surface area contributed by atoms with Crippen molar-refractivity contribution >= 4 is 15.7 Å². The number of hydrogen-bond donors (Lipinski definition) is 0. The van der Waals surface area contributed by atoms with Crippen molar-refractivity contribution in [2.75, 3.05) is 38.2 Å². The zero-order valence-corrected chi connectivity index (χ0v) is 17.6. The zero-order valence-electron chi connectivity index (χ0n) is 16.7. The van der Waals surface area contributed by atoms with Gasteiger partial charge < -0.3 is 9.64 Å². The van der Waals surface area contributed by atoms with Gasteiger partial charge in [-0.05, 0) is 68.1 Å². The van der Waals surface area contributed by atoms with Gasteiger partial charge in [0.05, 0.1) is 12.0 Å². The van der Waals surface area contributed by atoms with Crippen LogP contribution < -0.4 is 9.64 Å². The molecule has 1 saturated heterocycles. The highest BCUT2D eigenvalue weighted by molar-refractivity contribution is 7.89. The number of aryl methyl sites for hydroxylation is 1. The molecule has 0 spiro atoms. The summed E-state index contributed by atoms with van der Waals surface area (Å²) >= 11 is 0. The third-order valence-electron chi connectivity index (χ3n) is 5.68. The van der Waals surface area contributed by atoms with Gasteiger partial charge in [-0.15, -0.1) is 0 Å². The lowest BCUT2D eigenvalue weighted by atomic mass is 10.1. The predicted octanol–water partition coefficient (Wildman–Crippen LogP) is 3.44. The smallest absolute Gasteiger partial charge is 0.243 e. The Bertz CT molecular complexity index is 946. The first-order valence-electron chi connectivity index (χ1n) is 9.23. The van der Waals surface area contributed by atoms with Crippen LogP contribution in [-0.4, -0.2) is 46.0 Å². The van der Waals surface area contributed by atoms with E-state index < -0.39 is 10.0 Å². The van der Waals surface area contributed by atoms with E-state index in [1.54, 1.807) is 23.5 Å². The molecule has 0 unspecified atom stereocenters. The monoisotopic (exact) mass is 388 g/mol. The van der Waals surface area contributed by atoms with Crippen LogP contribution in [0.25, 0.3) is 0 Å². The van der Waals surface area contributed by atoms with Crippen molar-refractivity contribution in [2.24, 2.45) is 0 Å². The van der Waals surface area contributed by atoms with Gasteiger partial charge in [-0.2, -0.15) is 4.31 Å². The molecule has 0 N–H and O–H groups in total. The van der Waals surface area contributed by atoms with Crippen molar-refractivity contribution in [3.63, 3.8) is 0 Å². The lowest BCUT2D eigenvalue weighted by Crippen LogP contribution is -2.49. The molecule has 6 heteroatoms. The molecular formula is C21H28N2O3S. The average molecular weight is 389 g/mol. The normalized spacial score (nSPS) is 15.8. The third kappa shape index (κ3) is 3.56. The van der Waals surface area contributed by atoms with E-state index in [4.69, 9.17) is 4.74 Å². The molecular weight excluding hydrogens is 360 g/mol. The molecule has 1 aliphatic rings. The molecule has 0 aliphatic carbocycles. The second-order valence-corrected chi connectivity index (χ2v) is 9.03. The Labute approximate surface area is 162 Å². The zero-order chi connectivity index (χ0) is 19.8. The molecule has 146 valence electrons. The summed E-state index contributed by atoms with van der Waals surface area (Å²) in [7, 11) is -1.91. The topological polar surface area (TPSA) is 49.9 Å². The third-order valence-corrected chi connectivity index (χ3v) is 7.72. The first-order valence-corrected chi connectivity index (χ1v) is 10.7. The predicted molar refractivity (Wildman–Crippen MR) is 109 cm³/mol. The maximum Gasteiger partial charge on any atom is 0.243 e. The summed E-state index contributed by atoms with van der Waals surface area (Å²) in [5.74, 6) is 0.714. The number of sulfonamides is 1. The van der Waals surface area contributed by atoms with Crippen LogP contribution in [0.15, 0.2) is 35.2 Å². The van der Waals surface area contributed by atoms with Crippen LogP contribution in [0.5, 0.6) is 5.75 Å². The van der Waals surface area contributed by atoms with Crippen molar-refractivity contribution < 1.29 is 13.2 Å². The van der Waals surface area contributed by atoms with Crippen molar-refractivity contribution in [3.05, 3.63) is 52.6 Å². The highest BCUT2D eigenvalue weighted by Gasteiger charge is 2.30. The van der Waals surface area contributed by atoms with Gasteiger partial charge in [-0.1, -0.05) is 12.1 Å². The van der Waals surface area contributed by atoms with E-state index in [0.717, 1.165) is 11.1 Å². The van der Waals surface area contributed by atoms with Crippen molar-refractivity contribution in [3.8, 4) is 5.75 Å². The van der Waals surface area contributed by atoms with Gasteiger partial charge >= 0.3 is 0 Å². The number of anilines is 1. The molecule has 0 amide bonds. The Morgan fingerprint density at radius 3 is 2.15 bits per heavy atom. The van der Waals surface area contributed by atoms with E-state index in [9.17, 15) is 8.42 Å². The summed E-state index contributed by atoms with van der Waals surface area (Å²) in [5.41, 5.74) is 5.34. The largest absolute Gasteiger partial charge is 0.496 e. The Balaban J connectivity index is 1.81. The van der Waals surface area contributed by atoms with Crippen LogP contribution in [0, 0.1) is 27.7 Å². The Kier molecular flexibility index (Phi) is 5.49. The molecule has 1 aliphatic heterocycles. The van der Waals surface area contributed by atoms with E-state index >= 15 is 0 Å². The number of hydrogen-bond acceptors (Lipinski definition) is 4. The van der Waals surface area contributed by atoms with Gasteiger partial charge in [-0.25, -0.2) is 8.42 Å². The number of nitrogens with zero attached hydrogens (tertiary/aromatic N) is 2. The number of piperazine rings is 1. The van der Waals surface area contributed by atoms with Gasteiger partial charge in [0.2, 0.25) is 10.0 Å². The molecule has 1 heterocycles. The molecule has 5 nitrogen and oxygen atoms in total. The molecule has 2 aromatic carbocycles. The highest BCUT2D eigenvalue weighted by Crippen LogP contribution is 2.30. The lowest BCUT2D eigenvalue weighted by molar-refractivity contribution is 0.384.